The highest BCUT2D eigenvalue weighted by Crippen LogP contribution is 2.24. The van der Waals surface area contributed by atoms with Crippen molar-refractivity contribution in [2.75, 3.05) is 6.61 Å². The lowest BCUT2D eigenvalue weighted by Crippen LogP contribution is -2.02. The first kappa shape index (κ1) is 10.0. The molecule has 0 spiro atoms. The van der Waals surface area contributed by atoms with E-state index in [1.165, 1.54) is 0 Å². The predicted octanol–water partition coefficient (Wildman–Crippen LogP) is 2.15. The van der Waals surface area contributed by atoms with Gasteiger partial charge in [0.2, 0.25) is 0 Å². The van der Waals surface area contributed by atoms with Crippen molar-refractivity contribution in [3.05, 3.63) is 40.3 Å². The van der Waals surface area contributed by atoms with E-state index in [9.17, 15) is 0 Å². The van der Waals surface area contributed by atoms with Gasteiger partial charge in [0.05, 0.1) is 17.2 Å². The number of nitriles is 1. The smallest absolute Gasteiger partial charge is 0.101 e. The van der Waals surface area contributed by atoms with Crippen LogP contribution in [0.25, 0.3) is 0 Å². The molecule has 0 aromatic heterocycles. The fourth-order valence-corrected chi connectivity index (χ4v) is 1.30. The number of hydrogen-bond donors (Lipinski definition) is 1. The van der Waals surface area contributed by atoms with E-state index in [2.05, 4.69) is 0 Å². The number of hydrogen-bond acceptors (Lipinski definition) is 2. The summed E-state index contributed by atoms with van der Waals surface area (Å²) in [4.78, 5) is 0. The van der Waals surface area contributed by atoms with Crippen LogP contribution in [0.5, 0.6) is 0 Å². The maximum absolute atomic E-state index is 8.91. The van der Waals surface area contributed by atoms with E-state index in [1.54, 1.807) is 25.1 Å². The zero-order valence-corrected chi connectivity index (χ0v) is 7.97. The molecule has 0 heterocycles. The Kier molecular flexibility index (Phi) is 3.30. The van der Waals surface area contributed by atoms with E-state index >= 15 is 0 Å². The third-order valence-corrected chi connectivity index (χ3v) is 2.14. The third kappa shape index (κ3) is 2.00. The molecule has 1 radical (unpaired) electrons. The lowest BCUT2D eigenvalue weighted by Gasteiger charge is -2.09. The van der Waals surface area contributed by atoms with Crippen molar-refractivity contribution in [3.8, 4) is 6.07 Å². The quantitative estimate of drug-likeness (QED) is 0.784. The van der Waals surface area contributed by atoms with Crippen molar-refractivity contribution >= 4 is 11.6 Å². The molecule has 1 aromatic carbocycles. The molecule has 0 amide bonds. The monoisotopic (exact) mass is 194 g/mol. The van der Waals surface area contributed by atoms with Gasteiger partial charge in [-0.25, -0.2) is 0 Å². The van der Waals surface area contributed by atoms with Gasteiger partial charge >= 0.3 is 0 Å². The molecule has 0 aliphatic heterocycles. The second-order valence-corrected chi connectivity index (χ2v) is 3.12. The van der Waals surface area contributed by atoms with E-state index in [4.69, 9.17) is 22.0 Å². The third-order valence-electron chi connectivity index (χ3n) is 1.82. The molecule has 13 heavy (non-hydrogen) atoms. The van der Waals surface area contributed by atoms with Crippen LogP contribution >= 0.6 is 11.6 Å². The molecule has 0 unspecified atom stereocenters. The number of nitrogens with zero attached hydrogens (tertiary/aromatic N) is 1. The molecule has 2 nitrogen and oxygen atoms in total. The zero-order chi connectivity index (χ0) is 9.84. The highest BCUT2D eigenvalue weighted by atomic mass is 35.5. The summed E-state index contributed by atoms with van der Waals surface area (Å²) in [5.41, 5.74) is 1.15. The van der Waals surface area contributed by atoms with E-state index < -0.39 is 0 Å². The van der Waals surface area contributed by atoms with Crippen LogP contribution in [0.3, 0.4) is 0 Å². The second-order valence-electron chi connectivity index (χ2n) is 2.71. The van der Waals surface area contributed by atoms with Gasteiger partial charge in [-0.1, -0.05) is 30.7 Å². The number of benzene rings is 1. The highest BCUT2D eigenvalue weighted by Gasteiger charge is 2.12. The van der Waals surface area contributed by atoms with Gasteiger partial charge < -0.3 is 5.11 Å². The summed E-state index contributed by atoms with van der Waals surface area (Å²) < 4.78 is 0. The molecule has 1 aromatic rings. The van der Waals surface area contributed by atoms with Crippen LogP contribution in [0.4, 0.5) is 0 Å². The minimum atomic E-state index is -0.0605. The summed E-state index contributed by atoms with van der Waals surface area (Å²) in [5, 5.41) is 18.1. The van der Waals surface area contributed by atoms with E-state index in [-0.39, 0.29) is 6.61 Å². The van der Waals surface area contributed by atoms with Gasteiger partial charge in [-0.3, -0.25) is 0 Å². The normalized spacial score (nSPS) is 10.1. The van der Waals surface area contributed by atoms with Gasteiger partial charge in [0, 0.05) is 5.92 Å². The van der Waals surface area contributed by atoms with Crippen molar-refractivity contribution < 1.29 is 5.11 Å². The summed E-state index contributed by atoms with van der Waals surface area (Å²) >= 11 is 5.81. The Balaban J connectivity index is 3.22. The Morgan fingerprint density at radius 2 is 2.31 bits per heavy atom. The van der Waals surface area contributed by atoms with Crippen LogP contribution in [-0.2, 0) is 0 Å². The van der Waals surface area contributed by atoms with Crippen molar-refractivity contribution in [2.24, 2.45) is 0 Å². The lowest BCUT2D eigenvalue weighted by molar-refractivity contribution is 0.315. The summed E-state index contributed by atoms with van der Waals surface area (Å²) in [6.07, 6.45) is 0. The van der Waals surface area contributed by atoms with Crippen molar-refractivity contribution in [3.63, 3.8) is 0 Å². The molecule has 0 aliphatic rings. The highest BCUT2D eigenvalue weighted by molar-refractivity contribution is 6.31. The van der Waals surface area contributed by atoms with Crippen LogP contribution in [0.1, 0.15) is 18.1 Å². The molecule has 67 valence electrons. The predicted molar refractivity (Wildman–Crippen MR) is 51.3 cm³/mol. The lowest BCUT2D eigenvalue weighted by atomic mass is 9.97. The Bertz CT molecular complexity index is 343. The van der Waals surface area contributed by atoms with Gasteiger partial charge in [0.25, 0.3) is 0 Å². The average Bonchev–Trinajstić information content (AvgIpc) is 2.16. The maximum Gasteiger partial charge on any atom is 0.101 e. The van der Waals surface area contributed by atoms with Gasteiger partial charge in [-0.15, -0.1) is 0 Å². The van der Waals surface area contributed by atoms with Gasteiger partial charge in [-0.05, 0) is 11.6 Å². The molecule has 0 saturated heterocycles. The largest absolute Gasteiger partial charge is 0.395 e. The Hall–Kier alpha value is -1.04. The summed E-state index contributed by atoms with van der Waals surface area (Å²) in [6.45, 7) is 1.71. The first-order chi connectivity index (χ1) is 6.20. The number of halogens is 1. The fraction of sp³-hybridized carbons (Fsp3) is 0.200. The number of rotatable bonds is 2. The molecule has 0 bridgehead atoms. The molecule has 0 fully saturated rings. The summed E-state index contributed by atoms with van der Waals surface area (Å²) in [6, 6.07) is 7.21. The topological polar surface area (TPSA) is 44.0 Å². The molecular weight excluding hydrogens is 186 g/mol. The molecular formula is C10H9ClNO. The Labute approximate surface area is 82.4 Å². The van der Waals surface area contributed by atoms with Crippen LogP contribution in [0, 0.1) is 17.2 Å². The SMILES string of the molecule is C[C](CO)c1cccc(Cl)c1C#N. The minimum absolute atomic E-state index is 0.0605. The molecule has 0 aliphatic carbocycles. The first-order valence-corrected chi connectivity index (χ1v) is 4.20. The van der Waals surface area contributed by atoms with Gasteiger partial charge in [0.15, 0.2) is 0 Å². The fourth-order valence-electron chi connectivity index (χ4n) is 1.08. The number of aliphatic hydroxyl groups is 1. The van der Waals surface area contributed by atoms with Crippen molar-refractivity contribution in [1.29, 1.82) is 5.26 Å². The summed E-state index contributed by atoms with van der Waals surface area (Å²) in [7, 11) is 0. The van der Waals surface area contributed by atoms with Crippen molar-refractivity contribution in [1.82, 2.24) is 0 Å². The Morgan fingerprint density at radius 1 is 1.62 bits per heavy atom. The van der Waals surface area contributed by atoms with Crippen LogP contribution < -0.4 is 0 Å². The second kappa shape index (κ2) is 4.27. The van der Waals surface area contributed by atoms with E-state index in [0.717, 1.165) is 11.5 Å². The molecule has 1 rings (SSSR count). The zero-order valence-electron chi connectivity index (χ0n) is 7.21. The van der Waals surface area contributed by atoms with Crippen LogP contribution in [0.15, 0.2) is 18.2 Å². The minimum Gasteiger partial charge on any atom is -0.395 e. The van der Waals surface area contributed by atoms with Crippen LogP contribution in [-0.4, -0.2) is 11.7 Å². The van der Waals surface area contributed by atoms with Gasteiger partial charge in [-0.2, -0.15) is 5.26 Å². The number of aliphatic hydroxyl groups excluding tert-OH is 1. The van der Waals surface area contributed by atoms with E-state index in [0.29, 0.717) is 10.6 Å². The molecule has 0 atom stereocenters. The van der Waals surface area contributed by atoms with Crippen molar-refractivity contribution in [2.45, 2.75) is 6.92 Å². The summed E-state index contributed by atoms with van der Waals surface area (Å²) in [5.74, 6) is 0.749. The molecule has 3 heteroatoms. The van der Waals surface area contributed by atoms with E-state index in [1.807, 2.05) is 6.07 Å². The molecule has 0 saturated carbocycles. The maximum atomic E-state index is 8.91. The average molecular weight is 195 g/mol. The first-order valence-electron chi connectivity index (χ1n) is 3.83. The Morgan fingerprint density at radius 3 is 2.85 bits per heavy atom. The standard InChI is InChI=1S/C10H9ClNO/c1-7(6-13)8-3-2-4-10(11)9(8)5-12/h2-4,13H,6H2,1H3. The van der Waals surface area contributed by atoms with Gasteiger partial charge in [0.1, 0.15) is 6.07 Å². The van der Waals surface area contributed by atoms with Crippen LogP contribution in [0.2, 0.25) is 5.02 Å². The molecule has 1 N–H and O–H groups in total.